The van der Waals surface area contributed by atoms with Gasteiger partial charge in [-0.1, -0.05) is 0 Å². The van der Waals surface area contributed by atoms with Gasteiger partial charge in [0.15, 0.2) is 5.69 Å². The second-order valence-electron chi connectivity index (χ2n) is 4.38. The number of fused-ring (bicyclic) bond motifs is 1. The maximum Gasteiger partial charge on any atom is 0.271 e. The molecule has 0 radical (unpaired) electrons. The van der Waals surface area contributed by atoms with Gasteiger partial charge in [-0.25, -0.2) is 9.67 Å². The highest BCUT2D eigenvalue weighted by Gasteiger charge is 2.11. The van der Waals surface area contributed by atoms with Crippen LogP contribution in [-0.4, -0.2) is 32.7 Å². The molecule has 0 saturated heterocycles. The number of aromatic nitrogens is 4. The van der Waals surface area contributed by atoms with Crippen molar-refractivity contribution in [1.82, 2.24) is 25.1 Å². The molecule has 8 nitrogen and oxygen atoms in total. The molecule has 2 aromatic heterocycles. The third kappa shape index (κ3) is 2.12. The van der Waals surface area contributed by atoms with Gasteiger partial charge in [0.2, 0.25) is 0 Å². The van der Waals surface area contributed by atoms with Crippen LogP contribution in [0.4, 0.5) is 5.69 Å². The lowest BCUT2D eigenvalue weighted by molar-refractivity contribution is 0.0957. The van der Waals surface area contributed by atoms with Gasteiger partial charge in [0.1, 0.15) is 0 Å². The largest absolute Gasteiger partial charge is 0.397 e. The van der Waals surface area contributed by atoms with Crippen LogP contribution in [0.5, 0.6) is 0 Å². The Morgan fingerprint density at radius 3 is 3.00 bits per heavy atom. The molecule has 21 heavy (non-hydrogen) atoms. The molecule has 0 saturated carbocycles. The SMILES string of the molecule is CNC(=O)c1ccn(-c2cc3nc[nH]c(=O)c3cc2N)n1. The average molecular weight is 284 g/mol. The number of carbonyl (C=O) groups is 1. The zero-order valence-electron chi connectivity index (χ0n) is 11.1. The molecule has 0 atom stereocenters. The first kappa shape index (κ1) is 12.9. The highest BCUT2D eigenvalue weighted by atomic mass is 16.1. The normalized spacial score (nSPS) is 10.7. The zero-order valence-corrected chi connectivity index (χ0v) is 11.1. The lowest BCUT2D eigenvalue weighted by atomic mass is 10.2. The van der Waals surface area contributed by atoms with Crippen molar-refractivity contribution in [3.63, 3.8) is 0 Å². The van der Waals surface area contributed by atoms with Crippen molar-refractivity contribution < 1.29 is 4.79 Å². The van der Waals surface area contributed by atoms with E-state index >= 15 is 0 Å². The number of carbonyl (C=O) groups excluding carboxylic acids is 1. The molecular weight excluding hydrogens is 272 g/mol. The van der Waals surface area contributed by atoms with Crippen molar-refractivity contribution in [2.45, 2.75) is 0 Å². The van der Waals surface area contributed by atoms with Gasteiger partial charge in [-0.05, 0) is 18.2 Å². The van der Waals surface area contributed by atoms with Crippen LogP contribution in [0, 0.1) is 0 Å². The van der Waals surface area contributed by atoms with E-state index in [1.807, 2.05) is 0 Å². The Morgan fingerprint density at radius 1 is 1.43 bits per heavy atom. The molecule has 0 aliphatic carbocycles. The average Bonchev–Trinajstić information content (AvgIpc) is 2.96. The number of aromatic amines is 1. The molecule has 1 aromatic carbocycles. The zero-order chi connectivity index (χ0) is 15.0. The Hall–Kier alpha value is -3.16. The Labute approximate surface area is 118 Å². The van der Waals surface area contributed by atoms with Crippen LogP contribution in [0.3, 0.4) is 0 Å². The number of anilines is 1. The van der Waals surface area contributed by atoms with E-state index in [1.165, 1.54) is 24.1 Å². The molecule has 3 rings (SSSR count). The quantitative estimate of drug-likeness (QED) is 0.574. The maximum absolute atomic E-state index is 11.7. The van der Waals surface area contributed by atoms with Crippen LogP contribution in [0.25, 0.3) is 16.6 Å². The molecule has 1 amide bonds. The second-order valence-corrected chi connectivity index (χ2v) is 4.38. The second kappa shape index (κ2) is 4.75. The number of nitrogen functional groups attached to an aromatic ring is 1. The molecule has 8 heteroatoms. The van der Waals surface area contributed by atoms with Crippen LogP contribution >= 0.6 is 0 Å². The van der Waals surface area contributed by atoms with Gasteiger partial charge in [0.05, 0.1) is 28.6 Å². The Balaban J connectivity index is 2.16. The van der Waals surface area contributed by atoms with E-state index in [0.717, 1.165) is 0 Å². The summed E-state index contributed by atoms with van der Waals surface area (Å²) in [4.78, 5) is 29.8. The third-order valence-corrected chi connectivity index (χ3v) is 3.08. The van der Waals surface area contributed by atoms with Gasteiger partial charge >= 0.3 is 0 Å². The Bertz CT molecular complexity index is 895. The number of H-pyrrole nitrogens is 1. The van der Waals surface area contributed by atoms with Gasteiger partial charge < -0.3 is 16.0 Å². The fourth-order valence-corrected chi connectivity index (χ4v) is 2.03. The van der Waals surface area contributed by atoms with E-state index in [4.69, 9.17) is 5.73 Å². The van der Waals surface area contributed by atoms with Gasteiger partial charge in [-0.15, -0.1) is 0 Å². The van der Waals surface area contributed by atoms with Crippen LogP contribution in [0.1, 0.15) is 10.5 Å². The molecular formula is C13H12N6O2. The summed E-state index contributed by atoms with van der Waals surface area (Å²) in [5.41, 5.74) is 7.40. The third-order valence-electron chi connectivity index (χ3n) is 3.08. The minimum absolute atomic E-state index is 0.259. The minimum Gasteiger partial charge on any atom is -0.397 e. The van der Waals surface area contributed by atoms with Crippen molar-refractivity contribution in [1.29, 1.82) is 0 Å². The van der Waals surface area contributed by atoms with Crippen molar-refractivity contribution in [3.05, 3.63) is 46.8 Å². The minimum atomic E-state index is -0.289. The van der Waals surface area contributed by atoms with Crippen LogP contribution in [-0.2, 0) is 0 Å². The summed E-state index contributed by atoms with van der Waals surface area (Å²) in [7, 11) is 1.53. The molecule has 0 bridgehead atoms. The number of nitrogens with zero attached hydrogens (tertiary/aromatic N) is 3. The fraction of sp³-hybridized carbons (Fsp3) is 0.0769. The summed E-state index contributed by atoms with van der Waals surface area (Å²) in [6.07, 6.45) is 2.94. The van der Waals surface area contributed by atoms with E-state index in [9.17, 15) is 9.59 Å². The topological polar surface area (TPSA) is 119 Å². The number of hydrogen-bond acceptors (Lipinski definition) is 5. The van der Waals surface area contributed by atoms with Crippen LogP contribution in [0.2, 0.25) is 0 Å². The van der Waals surface area contributed by atoms with Crippen LogP contribution in [0.15, 0.2) is 35.5 Å². The van der Waals surface area contributed by atoms with Crippen molar-refractivity contribution in [3.8, 4) is 5.69 Å². The van der Waals surface area contributed by atoms with Gasteiger partial charge in [0, 0.05) is 13.2 Å². The van der Waals surface area contributed by atoms with E-state index < -0.39 is 0 Å². The standard InChI is InChI=1S/C13H12N6O2/c1-15-13(21)9-2-3-19(18-9)11-5-10-7(4-8(11)14)12(20)17-6-16-10/h2-6H,14H2,1H3,(H,15,21)(H,16,17,20). The molecule has 106 valence electrons. The number of amides is 1. The van der Waals surface area contributed by atoms with Crippen LogP contribution < -0.4 is 16.6 Å². The summed E-state index contributed by atoms with van der Waals surface area (Å²) < 4.78 is 1.47. The van der Waals surface area contributed by atoms with Crippen molar-refractivity contribution in [2.24, 2.45) is 0 Å². The number of nitrogens with one attached hydrogen (secondary N) is 2. The van der Waals surface area contributed by atoms with Gasteiger partial charge in [-0.3, -0.25) is 9.59 Å². The smallest absolute Gasteiger partial charge is 0.271 e. The predicted octanol–water partition coefficient (Wildman–Crippen LogP) is 0.0506. The number of rotatable bonds is 2. The molecule has 4 N–H and O–H groups in total. The highest BCUT2D eigenvalue weighted by Crippen LogP contribution is 2.21. The van der Waals surface area contributed by atoms with Gasteiger partial charge in [0.25, 0.3) is 11.5 Å². The molecule has 3 aromatic rings. The predicted molar refractivity (Wildman–Crippen MR) is 77.3 cm³/mol. The first-order valence-electron chi connectivity index (χ1n) is 6.15. The number of benzene rings is 1. The van der Waals surface area contributed by atoms with E-state index in [0.29, 0.717) is 22.3 Å². The Morgan fingerprint density at radius 2 is 2.24 bits per heavy atom. The first-order valence-corrected chi connectivity index (χ1v) is 6.15. The first-order chi connectivity index (χ1) is 10.1. The summed E-state index contributed by atoms with van der Waals surface area (Å²) in [5, 5.41) is 7.05. The number of nitrogens with two attached hydrogens (primary N) is 1. The number of hydrogen-bond donors (Lipinski definition) is 3. The molecule has 2 heterocycles. The summed E-state index contributed by atoms with van der Waals surface area (Å²) in [6.45, 7) is 0. The lowest BCUT2D eigenvalue weighted by Gasteiger charge is -2.07. The summed E-state index contributed by atoms with van der Waals surface area (Å²) in [6, 6.07) is 4.77. The van der Waals surface area contributed by atoms with Gasteiger partial charge in [-0.2, -0.15) is 5.10 Å². The lowest BCUT2D eigenvalue weighted by Crippen LogP contribution is -2.18. The monoisotopic (exact) mass is 284 g/mol. The fourth-order valence-electron chi connectivity index (χ4n) is 2.03. The van der Waals surface area contributed by atoms with E-state index in [1.54, 1.807) is 18.3 Å². The molecule has 0 fully saturated rings. The summed E-state index contributed by atoms with van der Waals surface area (Å²) >= 11 is 0. The molecule has 0 aliphatic rings. The maximum atomic E-state index is 11.7. The van der Waals surface area contributed by atoms with Crippen molar-refractivity contribution >= 4 is 22.5 Å². The van der Waals surface area contributed by atoms with E-state index in [-0.39, 0.29) is 17.2 Å². The molecule has 0 spiro atoms. The molecule has 0 aliphatic heterocycles. The van der Waals surface area contributed by atoms with E-state index in [2.05, 4.69) is 20.4 Å². The highest BCUT2D eigenvalue weighted by molar-refractivity contribution is 5.92. The Kier molecular flexibility index (Phi) is 2.90. The molecule has 0 unspecified atom stereocenters. The van der Waals surface area contributed by atoms with Crippen molar-refractivity contribution in [2.75, 3.05) is 12.8 Å². The summed E-state index contributed by atoms with van der Waals surface area (Å²) in [5.74, 6) is -0.289.